The first kappa shape index (κ1) is 9.92. The van der Waals surface area contributed by atoms with E-state index in [0.717, 1.165) is 12.2 Å². The molecule has 0 fully saturated rings. The number of hydrogen-bond donors (Lipinski definition) is 0. The Labute approximate surface area is 78.5 Å². The predicted octanol–water partition coefficient (Wildman–Crippen LogP) is 0.725. The molecule has 0 aromatic carbocycles. The van der Waals surface area contributed by atoms with Crippen molar-refractivity contribution in [3.05, 3.63) is 17.8 Å². The van der Waals surface area contributed by atoms with Crippen LogP contribution >= 0.6 is 0 Å². The number of ether oxygens (including phenoxy) is 1. The van der Waals surface area contributed by atoms with Gasteiger partial charge in [-0.05, 0) is 27.1 Å². The molecule has 1 aromatic heterocycles. The molecule has 0 aliphatic heterocycles. The Hall–Kier alpha value is -1.16. The maximum absolute atomic E-state index is 5.36. The largest absolute Gasteiger partial charge is 0.475 e. The van der Waals surface area contributed by atoms with Gasteiger partial charge in [0.2, 0.25) is 5.88 Å². The van der Waals surface area contributed by atoms with Gasteiger partial charge in [-0.15, -0.1) is 5.10 Å². The van der Waals surface area contributed by atoms with Crippen LogP contribution in [0.3, 0.4) is 0 Å². The molecule has 0 atom stereocenters. The van der Waals surface area contributed by atoms with E-state index in [1.807, 2.05) is 33.2 Å². The molecular formula is C9H15N3O. The highest BCUT2D eigenvalue weighted by molar-refractivity contribution is 5.09. The second-order valence-corrected chi connectivity index (χ2v) is 3.16. The topological polar surface area (TPSA) is 38.2 Å². The standard InChI is InChI=1S/C9H15N3O/c1-8-4-5-9(11-10-8)13-7-6-12(2)3/h4-5H,6-7H2,1-3H3. The molecular weight excluding hydrogens is 166 g/mol. The molecule has 4 nitrogen and oxygen atoms in total. The molecule has 0 aliphatic carbocycles. The zero-order valence-electron chi connectivity index (χ0n) is 8.32. The maximum Gasteiger partial charge on any atom is 0.233 e. The highest BCUT2D eigenvalue weighted by atomic mass is 16.5. The van der Waals surface area contributed by atoms with Crippen LogP contribution in [-0.2, 0) is 0 Å². The summed E-state index contributed by atoms with van der Waals surface area (Å²) in [4.78, 5) is 2.06. The van der Waals surface area contributed by atoms with E-state index >= 15 is 0 Å². The Kier molecular flexibility index (Phi) is 3.64. The van der Waals surface area contributed by atoms with E-state index in [1.165, 1.54) is 0 Å². The number of aromatic nitrogens is 2. The van der Waals surface area contributed by atoms with Crippen molar-refractivity contribution >= 4 is 0 Å². The fourth-order valence-corrected chi connectivity index (χ4v) is 0.796. The molecule has 72 valence electrons. The molecule has 0 aliphatic rings. The Morgan fingerprint density at radius 1 is 1.31 bits per heavy atom. The molecule has 13 heavy (non-hydrogen) atoms. The minimum absolute atomic E-state index is 0.590. The number of hydrogen-bond acceptors (Lipinski definition) is 4. The lowest BCUT2D eigenvalue weighted by atomic mass is 10.4. The van der Waals surface area contributed by atoms with Gasteiger partial charge in [-0.25, -0.2) is 0 Å². The third-order valence-corrected chi connectivity index (χ3v) is 1.56. The van der Waals surface area contributed by atoms with Gasteiger partial charge < -0.3 is 9.64 Å². The monoisotopic (exact) mass is 181 g/mol. The molecule has 4 heteroatoms. The summed E-state index contributed by atoms with van der Waals surface area (Å²) in [5, 5.41) is 7.77. The van der Waals surface area contributed by atoms with Crippen molar-refractivity contribution in [1.29, 1.82) is 0 Å². The molecule has 0 saturated carbocycles. The lowest BCUT2D eigenvalue weighted by Gasteiger charge is -2.09. The number of nitrogens with zero attached hydrogens (tertiary/aromatic N) is 3. The maximum atomic E-state index is 5.36. The molecule has 0 bridgehead atoms. The van der Waals surface area contributed by atoms with Crippen LogP contribution in [0.1, 0.15) is 5.69 Å². The average Bonchev–Trinajstić information content (AvgIpc) is 2.08. The van der Waals surface area contributed by atoms with Crippen LogP contribution in [0.4, 0.5) is 0 Å². The van der Waals surface area contributed by atoms with Crippen LogP contribution in [0.2, 0.25) is 0 Å². The van der Waals surface area contributed by atoms with Gasteiger partial charge in [0.1, 0.15) is 6.61 Å². The van der Waals surface area contributed by atoms with Crippen molar-refractivity contribution in [3.8, 4) is 5.88 Å². The van der Waals surface area contributed by atoms with Crippen LogP contribution < -0.4 is 4.74 Å². The van der Waals surface area contributed by atoms with E-state index < -0.39 is 0 Å². The predicted molar refractivity (Wildman–Crippen MR) is 50.8 cm³/mol. The lowest BCUT2D eigenvalue weighted by Crippen LogP contribution is -2.19. The summed E-state index contributed by atoms with van der Waals surface area (Å²) in [5.74, 6) is 0.590. The van der Waals surface area contributed by atoms with Crippen LogP contribution in [0, 0.1) is 6.92 Å². The van der Waals surface area contributed by atoms with E-state index in [0.29, 0.717) is 12.5 Å². The Morgan fingerprint density at radius 3 is 2.62 bits per heavy atom. The first-order valence-electron chi connectivity index (χ1n) is 4.26. The molecule has 0 N–H and O–H groups in total. The van der Waals surface area contributed by atoms with E-state index in [-0.39, 0.29) is 0 Å². The van der Waals surface area contributed by atoms with E-state index in [4.69, 9.17) is 4.74 Å². The highest BCUT2D eigenvalue weighted by Gasteiger charge is 1.95. The minimum Gasteiger partial charge on any atom is -0.475 e. The van der Waals surface area contributed by atoms with E-state index in [9.17, 15) is 0 Å². The number of likely N-dealkylation sites (N-methyl/N-ethyl adjacent to an activating group) is 1. The first-order chi connectivity index (χ1) is 6.18. The summed E-state index contributed by atoms with van der Waals surface area (Å²) in [7, 11) is 4.01. The van der Waals surface area contributed by atoms with Crippen molar-refractivity contribution in [2.45, 2.75) is 6.92 Å². The lowest BCUT2D eigenvalue weighted by molar-refractivity contribution is 0.251. The highest BCUT2D eigenvalue weighted by Crippen LogP contribution is 2.03. The van der Waals surface area contributed by atoms with Crippen molar-refractivity contribution < 1.29 is 4.74 Å². The van der Waals surface area contributed by atoms with Gasteiger partial charge in [-0.3, -0.25) is 0 Å². The molecule has 1 rings (SSSR count). The van der Waals surface area contributed by atoms with Crippen LogP contribution in [0.25, 0.3) is 0 Å². The Bertz CT molecular complexity index is 246. The van der Waals surface area contributed by atoms with Gasteiger partial charge in [0.25, 0.3) is 0 Å². The second kappa shape index (κ2) is 4.77. The van der Waals surface area contributed by atoms with E-state index in [1.54, 1.807) is 0 Å². The fraction of sp³-hybridized carbons (Fsp3) is 0.556. The van der Waals surface area contributed by atoms with Crippen molar-refractivity contribution in [1.82, 2.24) is 15.1 Å². The Balaban J connectivity index is 2.33. The Morgan fingerprint density at radius 2 is 2.08 bits per heavy atom. The summed E-state index contributed by atoms with van der Waals surface area (Å²) >= 11 is 0. The number of aryl methyl sites for hydroxylation is 1. The minimum atomic E-state index is 0.590. The normalized spacial score (nSPS) is 10.5. The second-order valence-electron chi connectivity index (χ2n) is 3.16. The van der Waals surface area contributed by atoms with Crippen LogP contribution in [0.15, 0.2) is 12.1 Å². The quantitative estimate of drug-likeness (QED) is 0.686. The van der Waals surface area contributed by atoms with Crippen LogP contribution in [0.5, 0.6) is 5.88 Å². The average molecular weight is 181 g/mol. The molecule has 0 amide bonds. The molecule has 0 saturated heterocycles. The third kappa shape index (κ3) is 3.85. The smallest absolute Gasteiger partial charge is 0.233 e. The van der Waals surface area contributed by atoms with Gasteiger partial charge >= 0.3 is 0 Å². The van der Waals surface area contributed by atoms with E-state index in [2.05, 4.69) is 15.1 Å². The van der Waals surface area contributed by atoms with Gasteiger partial charge in [-0.2, -0.15) is 5.10 Å². The van der Waals surface area contributed by atoms with Gasteiger partial charge in [0.05, 0.1) is 5.69 Å². The summed E-state index contributed by atoms with van der Waals surface area (Å²) < 4.78 is 5.36. The molecule has 1 heterocycles. The first-order valence-corrected chi connectivity index (χ1v) is 4.26. The summed E-state index contributed by atoms with van der Waals surface area (Å²) in [6.45, 7) is 3.43. The van der Waals surface area contributed by atoms with Crippen molar-refractivity contribution in [2.24, 2.45) is 0 Å². The fourth-order valence-electron chi connectivity index (χ4n) is 0.796. The number of rotatable bonds is 4. The van der Waals surface area contributed by atoms with Crippen LogP contribution in [-0.4, -0.2) is 42.3 Å². The van der Waals surface area contributed by atoms with Gasteiger partial charge in [-0.1, -0.05) is 0 Å². The molecule has 0 radical (unpaired) electrons. The summed E-state index contributed by atoms with van der Waals surface area (Å²) in [5.41, 5.74) is 0.903. The zero-order chi connectivity index (χ0) is 9.68. The molecule has 1 aromatic rings. The van der Waals surface area contributed by atoms with Crippen molar-refractivity contribution in [3.63, 3.8) is 0 Å². The zero-order valence-corrected chi connectivity index (χ0v) is 8.32. The summed E-state index contributed by atoms with van der Waals surface area (Å²) in [6, 6.07) is 3.72. The van der Waals surface area contributed by atoms with Crippen molar-refractivity contribution in [2.75, 3.05) is 27.2 Å². The van der Waals surface area contributed by atoms with Gasteiger partial charge in [0, 0.05) is 12.6 Å². The SMILES string of the molecule is Cc1ccc(OCCN(C)C)nn1. The van der Waals surface area contributed by atoms with Gasteiger partial charge in [0.15, 0.2) is 0 Å². The summed E-state index contributed by atoms with van der Waals surface area (Å²) in [6.07, 6.45) is 0. The molecule has 0 unspecified atom stereocenters. The third-order valence-electron chi connectivity index (χ3n) is 1.56. The molecule has 0 spiro atoms.